The van der Waals surface area contributed by atoms with Crippen molar-refractivity contribution in [1.29, 1.82) is 0 Å². The lowest BCUT2D eigenvalue weighted by atomic mass is 9.88. The summed E-state index contributed by atoms with van der Waals surface area (Å²) >= 11 is 0. The Morgan fingerprint density at radius 3 is 2.80 bits per heavy atom. The molecule has 0 bridgehead atoms. The summed E-state index contributed by atoms with van der Waals surface area (Å²) in [6.45, 7) is 7.45. The fourth-order valence-electron chi connectivity index (χ4n) is 4.11. The van der Waals surface area contributed by atoms with Gasteiger partial charge in [0.25, 0.3) is 0 Å². The van der Waals surface area contributed by atoms with Crippen LogP contribution in [0, 0.1) is 5.92 Å². The molecule has 4 nitrogen and oxygen atoms in total. The molecule has 3 N–H and O–H groups in total. The predicted molar refractivity (Wildman–Crippen MR) is 83.7 cm³/mol. The first kappa shape index (κ1) is 16.2. The van der Waals surface area contributed by atoms with Gasteiger partial charge in [-0.3, -0.25) is 4.90 Å². The Morgan fingerprint density at radius 1 is 1.30 bits per heavy atom. The summed E-state index contributed by atoms with van der Waals surface area (Å²) in [7, 11) is 2.23. The first-order valence-electron chi connectivity index (χ1n) is 8.44. The number of hydrogen-bond donors (Lipinski definition) is 2. The summed E-state index contributed by atoms with van der Waals surface area (Å²) < 4.78 is 0. The van der Waals surface area contributed by atoms with Crippen LogP contribution < -0.4 is 5.73 Å². The molecule has 0 aromatic rings. The molecule has 3 atom stereocenters. The van der Waals surface area contributed by atoms with E-state index in [0.29, 0.717) is 18.5 Å². The number of nitrogens with two attached hydrogens (primary N) is 1. The van der Waals surface area contributed by atoms with Crippen molar-refractivity contribution >= 4 is 0 Å². The van der Waals surface area contributed by atoms with Crippen molar-refractivity contribution in [2.24, 2.45) is 11.7 Å². The van der Waals surface area contributed by atoms with Crippen LogP contribution in [0.2, 0.25) is 0 Å². The van der Waals surface area contributed by atoms with Crippen LogP contribution in [-0.2, 0) is 0 Å². The molecule has 0 radical (unpaired) electrons. The minimum absolute atomic E-state index is 0.408. The SMILES string of the molecule is CCC1CN(C)CCCN1CCC1CCCC1(O)CN. The first-order valence-corrected chi connectivity index (χ1v) is 8.44. The van der Waals surface area contributed by atoms with Crippen LogP contribution in [-0.4, -0.2) is 66.3 Å². The molecule has 2 fully saturated rings. The van der Waals surface area contributed by atoms with E-state index < -0.39 is 5.60 Å². The molecule has 1 aliphatic carbocycles. The molecule has 0 spiro atoms. The average Bonchev–Trinajstić information content (AvgIpc) is 2.71. The van der Waals surface area contributed by atoms with Crippen molar-refractivity contribution in [2.75, 3.05) is 39.8 Å². The number of aliphatic hydroxyl groups is 1. The summed E-state index contributed by atoms with van der Waals surface area (Å²) in [6, 6.07) is 0.676. The van der Waals surface area contributed by atoms with E-state index in [2.05, 4.69) is 23.8 Å². The van der Waals surface area contributed by atoms with Gasteiger partial charge in [0.1, 0.15) is 0 Å². The zero-order valence-corrected chi connectivity index (χ0v) is 13.4. The summed E-state index contributed by atoms with van der Waals surface area (Å²) in [5.74, 6) is 0.408. The molecule has 1 saturated heterocycles. The molecule has 0 amide bonds. The molecule has 4 heteroatoms. The van der Waals surface area contributed by atoms with E-state index in [1.54, 1.807) is 0 Å². The normalized spacial score (nSPS) is 37.2. The summed E-state index contributed by atoms with van der Waals surface area (Å²) in [6.07, 6.45) is 6.77. The van der Waals surface area contributed by atoms with E-state index in [1.807, 2.05) is 0 Å². The lowest BCUT2D eigenvalue weighted by molar-refractivity contribution is 0.00290. The average molecular weight is 283 g/mol. The van der Waals surface area contributed by atoms with E-state index in [-0.39, 0.29) is 0 Å². The van der Waals surface area contributed by atoms with Gasteiger partial charge in [-0.1, -0.05) is 13.3 Å². The Morgan fingerprint density at radius 2 is 2.10 bits per heavy atom. The number of rotatable bonds is 5. The van der Waals surface area contributed by atoms with Crippen LogP contribution in [0.25, 0.3) is 0 Å². The second-order valence-electron chi connectivity index (χ2n) is 6.90. The Balaban J connectivity index is 1.88. The second-order valence-corrected chi connectivity index (χ2v) is 6.90. The van der Waals surface area contributed by atoms with Gasteiger partial charge in [-0.25, -0.2) is 0 Å². The highest BCUT2D eigenvalue weighted by atomic mass is 16.3. The molecule has 2 aliphatic rings. The molecular formula is C16H33N3O. The molecule has 20 heavy (non-hydrogen) atoms. The Bertz CT molecular complexity index is 299. The molecule has 1 heterocycles. The van der Waals surface area contributed by atoms with Crippen LogP contribution in [0.3, 0.4) is 0 Å². The second kappa shape index (κ2) is 7.21. The molecule has 0 aromatic carbocycles. The minimum Gasteiger partial charge on any atom is -0.388 e. The van der Waals surface area contributed by atoms with Crippen molar-refractivity contribution < 1.29 is 5.11 Å². The molecule has 118 valence electrons. The third kappa shape index (κ3) is 3.73. The molecule has 1 aliphatic heterocycles. The maximum atomic E-state index is 10.6. The van der Waals surface area contributed by atoms with E-state index in [1.165, 1.54) is 32.5 Å². The highest BCUT2D eigenvalue weighted by molar-refractivity contribution is 4.93. The highest BCUT2D eigenvalue weighted by Crippen LogP contribution is 2.37. The highest BCUT2D eigenvalue weighted by Gasteiger charge is 2.39. The molecule has 1 saturated carbocycles. The van der Waals surface area contributed by atoms with Gasteiger partial charge < -0.3 is 15.7 Å². The number of likely N-dealkylation sites (N-methyl/N-ethyl adjacent to an activating group) is 1. The van der Waals surface area contributed by atoms with Crippen molar-refractivity contribution in [3.8, 4) is 0 Å². The monoisotopic (exact) mass is 283 g/mol. The first-order chi connectivity index (χ1) is 9.59. The van der Waals surface area contributed by atoms with E-state index in [4.69, 9.17) is 5.73 Å². The van der Waals surface area contributed by atoms with E-state index in [0.717, 1.165) is 32.2 Å². The zero-order valence-electron chi connectivity index (χ0n) is 13.4. The van der Waals surface area contributed by atoms with Crippen molar-refractivity contribution in [1.82, 2.24) is 9.80 Å². The maximum Gasteiger partial charge on any atom is 0.0797 e. The van der Waals surface area contributed by atoms with Gasteiger partial charge >= 0.3 is 0 Å². The summed E-state index contributed by atoms with van der Waals surface area (Å²) in [5.41, 5.74) is 5.21. The van der Waals surface area contributed by atoms with Crippen LogP contribution >= 0.6 is 0 Å². The minimum atomic E-state index is -0.579. The Kier molecular flexibility index (Phi) is 5.84. The van der Waals surface area contributed by atoms with Crippen LogP contribution in [0.15, 0.2) is 0 Å². The zero-order chi connectivity index (χ0) is 14.6. The fourth-order valence-corrected chi connectivity index (χ4v) is 4.11. The third-order valence-electron chi connectivity index (χ3n) is 5.54. The van der Waals surface area contributed by atoms with Crippen LogP contribution in [0.4, 0.5) is 0 Å². The van der Waals surface area contributed by atoms with Crippen LogP contribution in [0.5, 0.6) is 0 Å². The van der Waals surface area contributed by atoms with Crippen molar-refractivity contribution in [3.63, 3.8) is 0 Å². The molecule has 2 rings (SSSR count). The third-order valence-corrected chi connectivity index (χ3v) is 5.54. The quantitative estimate of drug-likeness (QED) is 0.798. The van der Waals surface area contributed by atoms with Gasteiger partial charge in [0.2, 0.25) is 0 Å². The summed E-state index contributed by atoms with van der Waals surface area (Å²) in [5, 5.41) is 10.6. The largest absolute Gasteiger partial charge is 0.388 e. The van der Waals surface area contributed by atoms with Gasteiger partial charge in [0, 0.05) is 19.1 Å². The number of nitrogens with zero attached hydrogens (tertiary/aromatic N) is 2. The van der Waals surface area contributed by atoms with E-state index in [9.17, 15) is 5.11 Å². The Labute approximate surface area is 124 Å². The fraction of sp³-hybridized carbons (Fsp3) is 1.00. The van der Waals surface area contributed by atoms with E-state index >= 15 is 0 Å². The van der Waals surface area contributed by atoms with Gasteiger partial charge in [-0.15, -0.1) is 0 Å². The predicted octanol–water partition coefficient (Wildman–Crippen LogP) is 1.28. The topological polar surface area (TPSA) is 52.7 Å². The summed E-state index contributed by atoms with van der Waals surface area (Å²) in [4.78, 5) is 5.11. The standard InChI is InChI=1S/C16H33N3O/c1-3-15-12-18(2)9-5-10-19(15)11-7-14-6-4-8-16(14,20)13-17/h14-15,20H,3-13,17H2,1-2H3. The van der Waals surface area contributed by atoms with Gasteiger partial charge in [0.15, 0.2) is 0 Å². The lowest BCUT2D eigenvalue weighted by Gasteiger charge is -2.34. The number of hydrogen-bond acceptors (Lipinski definition) is 4. The maximum absolute atomic E-state index is 10.6. The molecule has 0 aromatic heterocycles. The Hall–Kier alpha value is -0.160. The van der Waals surface area contributed by atoms with Gasteiger partial charge in [0.05, 0.1) is 5.60 Å². The van der Waals surface area contributed by atoms with Crippen LogP contribution in [0.1, 0.15) is 45.4 Å². The van der Waals surface area contributed by atoms with Crippen molar-refractivity contribution in [2.45, 2.75) is 57.1 Å². The molecule has 3 unspecified atom stereocenters. The molecular weight excluding hydrogens is 250 g/mol. The lowest BCUT2D eigenvalue weighted by Crippen LogP contribution is -2.44. The smallest absolute Gasteiger partial charge is 0.0797 e. The van der Waals surface area contributed by atoms with Crippen molar-refractivity contribution in [3.05, 3.63) is 0 Å². The van der Waals surface area contributed by atoms with Gasteiger partial charge in [-0.2, -0.15) is 0 Å². The van der Waals surface area contributed by atoms with Gasteiger partial charge in [-0.05, 0) is 64.7 Å².